The predicted molar refractivity (Wildman–Crippen MR) is 275 cm³/mol. The van der Waals surface area contributed by atoms with Crippen LogP contribution in [0.15, 0.2) is 233 Å². The third-order valence-electron chi connectivity index (χ3n) is 13.9. The minimum absolute atomic E-state index is 0.132. The van der Waals surface area contributed by atoms with Crippen LogP contribution in [0.4, 0.5) is 17.1 Å². The first kappa shape index (κ1) is 38.1. The summed E-state index contributed by atoms with van der Waals surface area (Å²) in [5.41, 5.74) is 20.9. The summed E-state index contributed by atoms with van der Waals surface area (Å²) in [6, 6.07) is 80.7. The van der Waals surface area contributed by atoms with Gasteiger partial charge in [0.15, 0.2) is 0 Å². The molecule has 2 aromatic heterocycles. The van der Waals surface area contributed by atoms with Crippen molar-refractivity contribution in [3.8, 4) is 55.6 Å². The molecule has 13 rings (SSSR count). The Morgan fingerprint density at radius 3 is 1.74 bits per heavy atom. The van der Waals surface area contributed by atoms with Gasteiger partial charge in [0.25, 0.3) is 0 Å². The van der Waals surface area contributed by atoms with Crippen molar-refractivity contribution in [1.29, 1.82) is 0 Å². The molecule has 3 heteroatoms. The smallest absolute Gasteiger partial charge is 0.144 e. The van der Waals surface area contributed by atoms with Gasteiger partial charge in [-0.15, -0.1) is 0 Å². The van der Waals surface area contributed by atoms with Gasteiger partial charge in [0, 0.05) is 49.6 Å². The molecule has 1 aliphatic carbocycles. The molecule has 0 aliphatic heterocycles. The second-order valence-electron chi connectivity index (χ2n) is 18.0. The molecule has 0 unspecified atom stereocenters. The fourth-order valence-corrected chi connectivity index (χ4v) is 10.7. The van der Waals surface area contributed by atoms with Crippen LogP contribution in [0.25, 0.3) is 99.5 Å². The maximum atomic E-state index is 6.99. The number of rotatable bonds is 7. The first-order valence-corrected chi connectivity index (χ1v) is 22.7. The molecular formula is C63H43NO2. The van der Waals surface area contributed by atoms with Crippen molar-refractivity contribution >= 4 is 60.9 Å². The summed E-state index contributed by atoms with van der Waals surface area (Å²) < 4.78 is 13.7. The maximum Gasteiger partial charge on any atom is 0.144 e. The molecule has 0 bridgehead atoms. The number of hydrogen-bond donors (Lipinski definition) is 0. The highest BCUT2D eigenvalue weighted by Gasteiger charge is 2.36. The van der Waals surface area contributed by atoms with Crippen LogP contribution in [-0.4, -0.2) is 0 Å². The normalized spacial score (nSPS) is 12.8. The minimum atomic E-state index is -0.132. The monoisotopic (exact) mass is 845 g/mol. The van der Waals surface area contributed by atoms with Gasteiger partial charge in [-0.05, 0) is 122 Å². The van der Waals surface area contributed by atoms with E-state index in [4.69, 9.17) is 8.83 Å². The van der Waals surface area contributed by atoms with Gasteiger partial charge in [0.05, 0.1) is 0 Å². The molecule has 0 radical (unpaired) electrons. The maximum absolute atomic E-state index is 6.99. The molecule has 0 atom stereocenters. The van der Waals surface area contributed by atoms with Gasteiger partial charge in [-0.3, -0.25) is 0 Å². The zero-order valence-electron chi connectivity index (χ0n) is 36.6. The van der Waals surface area contributed by atoms with E-state index in [0.717, 1.165) is 94.3 Å². The van der Waals surface area contributed by atoms with Crippen molar-refractivity contribution in [2.24, 2.45) is 0 Å². The quantitative estimate of drug-likeness (QED) is 0.160. The van der Waals surface area contributed by atoms with Crippen molar-refractivity contribution in [1.82, 2.24) is 0 Å². The highest BCUT2D eigenvalue weighted by atomic mass is 16.3. The molecule has 0 fully saturated rings. The number of anilines is 3. The van der Waals surface area contributed by atoms with Gasteiger partial charge in [0.1, 0.15) is 22.3 Å². The summed E-state index contributed by atoms with van der Waals surface area (Å²) in [7, 11) is 0. The van der Waals surface area contributed by atoms with Gasteiger partial charge in [-0.25, -0.2) is 0 Å². The highest BCUT2D eigenvalue weighted by Crippen LogP contribution is 2.52. The molecule has 0 spiro atoms. The van der Waals surface area contributed by atoms with Crippen LogP contribution < -0.4 is 4.90 Å². The highest BCUT2D eigenvalue weighted by molar-refractivity contribution is 6.24. The van der Waals surface area contributed by atoms with E-state index in [2.05, 4.69) is 237 Å². The molecule has 3 nitrogen and oxygen atoms in total. The molecule has 2 heterocycles. The second kappa shape index (κ2) is 14.8. The lowest BCUT2D eigenvalue weighted by atomic mass is 9.82. The van der Waals surface area contributed by atoms with E-state index in [1.165, 1.54) is 33.4 Å². The van der Waals surface area contributed by atoms with Crippen LogP contribution in [0.1, 0.15) is 25.0 Å². The lowest BCUT2D eigenvalue weighted by Crippen LogP contribution is -2.16. The fourth-order valence-electron chi connectivity index (χ4n) is 10.7. The van der Waals surface area contributed by atoms with Crippen molar-refractivity contribution in [3.63, 3.8) is 0 Å². The molecule has 0 amide bonds. The molecule has 0 saturated carbocycles. The topological polar surface area (TPSA) is 29.5 Å². The van der Waals surface area contributed by atoms with Crippen molar-refractivity contribution < 1.29 is 8.83 Å². The second-order valence-corrected chi connectivity index (χ2v) is 18.0. The molecule has 66 heavy (non-hydrogen) atoms. The average Bonchev–Trinajstić information content (AvgIpc) is 4.01. The van der Waals surface area contributed by atoms with Gasteiger partial charge < -0.3 is 13.7 Å². The van der Waals surface area contributed by atoms with Crippen molar-refractivity contribution in [2.45, 2.75) is 19.3 Å². The Morgan fingerprint density at radius 2 is 0.924 bits per heavy atom. The van der Waals surface area contributed by atoms with Crippen LogP contribution in [0.2, 0.25) is 0 Å². The number of furan rings is 2. The molecule has 10 aromatic carbocycles. The van der Waals surface area contributed by atoms with Gasteiger partial charge in [-0.1, -0.05) is 178 Å². The Morgan fingerprint density at radius 1 is 0.333 bits per heavy atom. The summed E-state index contributed by atoms with van der Waals surface area (Å²) in [6.07, 6.45) is 0. The number of benzene rings is 10. The zero-order valence-corrected chi connectivity index (χ0v) is 36.6. The fraction of sp³-hybridized carbons (Fsp3) is 0.0476. The van der Waals surface area contributed by atoms with E-state index in [-0.39, 0.29) is 5.41 Å². The molecule has 312 valence electrons. The van der Waals surface area contributed by atoms with E-state index in [9.17, 15) is 0 Å². The molecule has 1 aliphatic rings. The van der Waals surface area contributed by atoms with Crippen molar-refractivity contribution in [2.75, 3.05) is 4.90 Å². The van der Waals surface area contributed by atoms with Crippen LogP contribution in [0.5, 0.6) is 0 Å². The lowest BCUT2D eigenvalue weighted by molar-refractivity contribution is 0.660. The lowest BCUT2D eigenvalue weighted by Gasteiger charge is -2.28. The van der Waals surface area contributed by atoms with Crippen LogP contribution in [0.3, 0.4) is 0 Å². The Balaban J connectivity index is 0.975. The molecule has 0 N–H and O–H groups in total. The minimum Gasteiger partial charge on any atom is -0.456 e. The Hall–Kier alpha value is -8.40. The Labute approximate surface area is 383 Å². The number of nitrogens with zero attached hydrogens (tertiary/aromatic N) is 1. The van der Waals surface area contributed by atoms with Gasteiger partial charge >= 0.3 is 0 Å². The van der Waals surface area contributed by atoms with E-state index in [1.54, 1.807) is 0 Å². The third-order valence-corrected chi connectivity index (χ3v) is 13.9. The number of hydrogen-bond acceptors (Lipinski definition) is 3. The van der Waals surface area contributed by atoms with E-state index in [1.807, 2.05) is 6.07 Å². The first-order valence-electron chi connectivity index (χ1n) is 22.7. The van der Waals surface area contributed by atoms with Gasteiger partial charge in [-0.2, -0.15) is 0 Å². The van der Waals surface area contributed by atoms with E-state index < -0.39 is 0 Å². The Bertz CT molecular complexity index is 3840. The Kier molecular flexibility index (Phi) is 8.56. The molecule has 0 saturated heterocycles. The third kappa shape index (κ3) is 5.97. The van der Waals surface area contributed by atoms with Crippen LogP contribution in [0, 0.1) is 0 Å². The molecular weight excluding hydrogens is 803 g/mol. The van der Waals surface area contributed by atoms with E-state index >= 15 is 0 Å². The van der Waals surface area contributed by atoms with Crippen LogP contribution in [-0.2, 0) is 5.41 Å². The standard InChI is InChI=1S/C63H43NO2/c1-63(2)55-26-13-11-23-49(55)50-34-33-47(38-56(50)63)64(45-31-28-41(29-32-45)40-16-5-3-6-17-40)46-21-15-20-43(36-46)44-30-35-58-53(37-44)54-39-59-60(52-25-12-14-27-57(52)65-59)61(62(54)66-58)51-24-10-9-22-48(51)42-18-7-4-8-19-42/h3-39H,1-2H3. The summed E-state index contributed by atoms with van der Waals surface area (Å²) in [4.78, 5) is 2.40. The SMILES string of the molecule is CC1(C)c2ccccc2-c2ccc(N(c3ccc(-c4ccccc4)cc3)c3cccc(-c4ccc5oc6c(-c7ccccc7-c7ccccc7)c7c(cc6c5c4)oc4ccccc47)c3)cc21. The first-order chi connectivity index (χ1) is 32.5. The predicted octanol–water partition coefficient (Wildman–Crippen LogP) is 17.9. The molecule has 12 aromatic rings. The number of fused-ring (bicyclic) bond motifs is 9. The average molecular weight is 846 g/mol. The van der Waals surface area contributed by atoms with Gasteiger partial charge in [0.2, 0.25) is 0 Å². The largest absolute Gasteiger partial charge is 0.456 e. The number of para-hydroxylation sites is 1. The summed E-state index contributed by atoms with van der Waals surface area (Å²) in [5.74, 6) is 0. The van der Waals surface area contributed by atoms with Crippen LogP contribution >= 0.6 is 0 Å². The zero-order chi connectivity index (χ0) is 43.9. The summed E-state index contributed by atoms with van der Waals surface area (Å²) in [6.45, 7) is 4.70. The summed E-state index contributed by atoms with van der Waals surface area (Å²) in [5, 5.41) is 4.20. The summed E-state index contributed by atoms with van der Waals surface area (Å²) >= 11 is 0. The van der Waals surface area contributed by atoms with Crippen molar-refractivity contribution in [3.05, 3.63) is 236 Å². The van der Waals surface area contributed by atoms with E-state index in [0.29, 0.717) is 0 Å².